The third-order valence-corrected chi connectivity index (χ3v) is 2.19. The van der Waals surface area contributed by atoms with E-state index in [-0.39, 0.29) is 18.0 Å². The maximum Gasteiger partial charge on any atom is 0.0641 e. The molecule has 0 aromatic carbocycles. The van der Waals surface area contributed by atoms with Crippen molar-refractivity contribution in [2.24, 2.45) is 0 Å². The first-order valence-corrected chi connectivity index (χ1v) is 4.51. The first-order valence-electron chi connectivity index (χ1n) is 4.51. The predicted molar refractivity (Wildman–Crippen MR) is 54.0 cm³/mol. The first-order chi connectivity index (χ1) is 5.14. The minimum atomic E-state index is 0. The zero-order chi connectivity index (χ0) is 8.32. The van der Waals surface area contributed by atoms with Gasteiger partial charge in [0.05, 0.1) is 5.60 Å². The van der Waals surface area contributed by atoms with Gasteiger partial charge in [-0.3, -0.25) is 0 Å². The number of halogens is 1. The zero-order valence-corrected chi connectivity index (χ0v) is 9.04. The molecule has 0 saturated carbocycles. The normalized spacial score (nSPS) is 27.8. The lowest BCUT2D eigenvalue weighted by atomic mass is 9.94. The highest BCUT2D eigenvalue weighted by Crippen LogP contribution is 2.23. The molecule has 1 heterocycles. The van der Waals surface area contributed by atoms with E-state index in [9.17, 15) is 0 Å². The van der Waals surface area contributed by atoms with Crippen molar-refractivity contribution >= 4 is 12.4 Å². The monoisotopic (exact) mass is 193 g/mol. The fraction of sp³-hybridized carbons (Fsp3) is 1.00. The molecule has 1 N–H and O–H groups in total. The minimum absolute atomic E-state index is 0. The average molecular weight is 194 g/mol. The minimum Gasteiger partial charge on any atom is -0.375 e. The van der Waals surface area contributed by atoms with Crippen molar-refractivity contribution in [1.29, 1.82) is 0 Å². The van der Waals surface area contributed by atoms with Crippen molar-refractivity contribution in [1.82, 2.24) is 5.32 Å². The van der Waals surface area contributed by atoms with Crippen LogP contribution in [0.2, 0.25) is 0 Å². The molecule has 0 aliphatic carbocycles. The van der Waals surface area contributed by atoms with E-state index in [2.05, 4.69) is 26.1 Å². The molecule has 1 saturated heterocycles. The molecule has 3 heteroatoms. The van der Waals surface area contributed by atoms with Crippen molar-refractivity contribution in [2.45, 2.75) is 45.3 Å². The Kier molecular flexibility index (Phi) is 5.14. The summed E-state index contributed by atoms with van der Waals surface area (Å²) in [6, 6.07) is 0.670. The van der Waals surface area contributed by atoms with Crippen LogP contribution in [0.25, 0.3) is 0 Å². The fourth-order valence-electron chi connectivity index (χ4n) is 1.69. The fourth-order valence-corrected chi connectivity index (χ4v) is 1.69. The summed E-state index contributed by atoms with van der Waals surface area (Å²) < 4.78 is 5.60. The van der Waals surface area contributed by atoms with Gasteiger partial charge in [0.1, 0.15) is 0 Å². The van der Waals surface area contributed by atoms with Crippen LogP contribution in [0.1, 0.15) is 33.6 Å². The second-order valence-corrected chi connectivity index (χ2v) is 3.86. The lowest BCUT2D eigenvalue weighted by molar-refractivity contribution is -0.0625. The van der Waals surface area contributed by atoms with E-state index < -0.39 is 0 Å². The molecule has 2 nitrogen and oxygen atoms in total. The van der Waals surface area contributed by atoms with Crippen LogP contribution in [0.5, 0.6) is 0 Å². The zero-order valence-electron chi connectivity index (χ0n) is 8.22. The summed E-state index contributed by atoms with van der Waals surface area (Å²) in [4.78, 5) is 0. The molecule has 0 aromatic rings. The van der Waals surface area contributed by atoms with E-state index in [1.807, 2.05) is 0 Å². The maximum absolute atomic E-state index is 5.60. The summed E-state index contributed by atoms with van der Waals surface area (Å²) >= 11 is 0. The molecule has 0 bridgehead atoms. The van der Waals surface area contributed by atoms with E-state index >= 15 is 0 Å². The second-order valence-electron chi connectivity index (χ2n) is 3.86. The highest BCUT2D eigenvalue weighted by molar-refractivity contribution is 5.85. The summed E-state index contributed by atoms with van der Waals surface area (Å²) in [6.07, 6.45) is 2.30. The molecule has 0 aromatic heterocycles. The lowest BCUT2D eigenvalue weighted by Gasteiger charge is -2.35. The Morgan fingerprint density at radius 2 is 2.17 bits per heavy atom. The molecule has 1 atom stereocenters. The van der Waals surface area contributed by atoms with Crippen LogP contribution in [0.4, 0.5) is 0 Å². The number of nitrogens with one attached hydrogen (secondary N) is 1. The number of rotatable bonds is 2. The van der Waals surface area contributed by atoms with Crippen molar-refractivity contribution in [3.8, 4) is 0 Å². The topological polar surface area (TPSA) is 21.3 Å². The van der Waals surface area contributed by atoms with Crippen LogP contribution in [-0.4, -0.2) is 24.8 Å². The van der Waals surface area contributed by atoms with Crippen LogP contribution in [0.3, 0.4) is 0 Å². The third kappa shape index (κ3) is 3.74. The van der Waals surface area contributed by atoms with Crippen LogP contribution in [0.15, 0.2) is 0 Å². The van der Waals surface area contributed by atoms with Crippen molar-refractivity contribution < 1.29 is 4.74 Å². The van der Waals surface area contributed by atoms with Crippen molar-refractivity contribution in [3.63, 3.8) is 0 Å². The van der Waals surface area contributed by atoms with Gasteiger partial charge < -0.3 is 10.1 Å². The Morgan fingerprint density at radius 3 is 2.67 bits per heavy atom. The summed E-state index contributed by atoms with van der Waals surface area (Å²) in [5.41, 5.74) is 0.0884. The largest absolute Gasteiger partial charge is 0.375 e. The highest BCUT2D eigenvalue weighted by Gasteiger charge is 2.27. The lowest BCUT2D eigenvalue weighted by Crippen LogP contribution is -2.43. The molecular formula is C9H20ClNO. The molecule has 0 spiro atoms. The Morgan fingerprint density at radius 1 is 1.50 bits per heavy atom. The van der Waals surface area contributed by atoms with E-state index in [1.165, 1.54) is 0 Å². The molecule has 1 unspecified atom stereocenters. The molecule has 74 valence electrons. The molecule has 1 fully saturated rings. The van der Waals surface area contributed by atoms with Gasteiger partial charge in [-0.1, -0.05) is 6.92 Å². The smallest absolute Gasteiger partial charge is 0.0641 e. The average Bonchev–Trinajstić information content (AvgIpc) is 1.85. The van der Waals surface area contributed by atoms with Gasteiger partial charge in [-0.2, -0.15) is 0 Å². The first kappa shape index (κ1) is 12.2. The van der Waals surface area contributed by atoms with Gasteiger partial charge >= 0.3 is 0 Å². The SMILES string of the molecule is CCNC1CCOC(C)(C)C1.Cl. The van der Waals surface area contributed by atoms with Crippen LogP contribution < -0.4 is 5.32 Å². The van der Waals surface area contributed by atoms with Crippen LogP contribution in [0, 0.1) is 0 Å². The van der Waals surface area contributed by atoms with Crippen molar-refractivity contribution in [3.05, 3.63) is 0 Å². The molecule has 1 aliphatic heterocycles. The van der Waals surface area contributed by atoms with Crippen LogP contribution in [-0.2, 0) is 4.74 Å². The Bertz CT molecular complexity index is 126. The highest BCUT2D eigenvalue weighted by atomic mass is 35.5. The molecule has 12 heavy (non-hydrogen) atoms. The molecule has 0 radical (unpaired) electrons. The second kappa shape index (κ2) is 5.05. The Balaban J connectivity index is 0.00000121. The van der Waals surface area contributed by atoms with Gasteiger partial charge in [0.25, 0.3) is 0 Å². The summed E-state index contributed by atoms with van der Waals surface area (Å²) in [5.74, 6) is 0. The molecular weight excluding hydrogens is 174 g/mol. The number of hydrogen-bond acceptors (Lipinski definition) is 2. The Hall–Kier alpha value is 0.210. The molecule has 1 aliphatic rings. The quantitative estimate of drug-likeness (QED) is 0.724. The van der Waals surface area contributed by atoms with E-state index in [1.54, 1.807) is 0 Å². The van der Waals surface area contributed by atoms with Gasteiger partial charge in [0, 0.05) is 12.6 Å². The van der Waals surface area contributed by atoms with E-state index in [0.717, 1.165) is 26.0 Å². The third-order valence-electron chi connectivity index (χ3n) is 2.19. The van der Waals surface area contributed by atoms with Gasteiger partial charge in [-0.05, 0) is 33.2 Å². The van der Waals surface area contributed by atoms with E-state index in [0.29, 0.717) is 6.04 Å². The van der Waals surface area contributed by atoms with Gasteiger partial charge in [0.2, 0.25) is 0 Å². The standard InChI is InChI=1S/C9H19NO.ClH/c1-4-10-8-5-6-11-9(2,3)7-8;/h8,10H,4-7H2,1-3H3;1H. The summed E-state index contributed by atoms with van der Waals surface area (Å²) in [5, 5.41) is 3.46. The number of hydrogen-bond donors (Lipinski definition) is 1. The summed E-state index contributed by atoms with van der Waals surface area (Å²) in [6.45, 7) is 8.46. The van der Waals surface area contributed by atoms with E-state index in [4.69, 9.17) is 4.74 Å². The van der Waals surface area contributed by atoms with Gasteiger partial charge in [0.15, 0.2) is 0 Å². The predicted octanol–water partition coefficient (Wildman–Crippen LogP) is 1.98. The molecule has 1 rings (SSSR count). The van der Waals surface area contributed by atoms with Crippen molar-refractivity contribution in [2.75, 3.05) is 13.2 Å². The van der Waals surface area contributed by atoms with Crippen LogP contribution >= 0.6 is 12.4 Å². The summed E-state index contributed by atoms with van der Waals surface area (Å²) in [7, 11) is 0. The Labute approximate surface area is 81.5 Å². The maximum atomic E-state index is 5.60. The molecule has 0 amide bonds. The number of ether oxygens (including phenoxy) is 1. The van der Waals surface area contributed by atoms with Gasteiger partial charge in [-0.15, -0.1) is 12.4 Å². The van der Waals surface area contributed by atoms with Gasteiger partial charge in [-0.25, -0.2) is 0 Å².